The van der Waals surface area contributed by atoms with Gasteiger partial charge in [-0.2, -0.15) is 0 Å². The number of halogens is 1. The first kappa shape index (κ1) is 27.5. The lowest BCUT2D eigenvalue weighted by Crippen LogP contribution is -2.15. The molecule has 0 aliphatic heterocycles. The Morgan fingerprint density at radius 1 is 0.676 bits per heavy atom. The van der Waals surface area contributed by atoms with Gasteiger partial charge in [-0.15, -0.1) is 0 Å². The van der Waals surface area contributed by atoms with Crippen molar-refractivity contribution in [2.75, 3.05) is 47.4 Å². The van der Waals surface area contributed by atoms with E-state index in [0.717, 1.165) is 0 Å². The molecule has 0 saturated carbocycles. The van der Waals surface area contributed by atoms with Crippen LogP contribution in [0.3, 0.4) is 0 Å². The first-order valence-corrected chi connectivity index (χ1v) is 12.3. The molecule has 0 unspecified atom stereocenters. The number of methoxy groups -OCH3 is 6. The summed E-state index contributed by atoms with van der Waals surface area (Å²) < 4.78 is 75.5. The van der Waals surface area contributed by atoms with Crippen LogP contribution in [0.25, 0.3) is 12.2 Å². The molecule has 0 heterocycles. The normalized spacial score (nSPS) is 11.2. The third-order valence-electron chi connectivity index (χ3n) is 5.40. The van der Waals surface area contributed by atoms with E-state index in [1.54, 1.807) is 24.3 Å². The molecule has 0 aliphatic rings. The van der Waals surface area contributed by atoms with Crippen LogP contribution in [0.15, 0.2) is 47.4 Å². The third kappa shape index (κ3) is 5.83. The molecule has 0 atom stereocenters. The van der Waals surface area contributed by atoms with Gasteiger partial charge in [-0.05, 0) is 42.0 Å². The largest absolute Gasteiger partial charge is 0.494 e. The molecule has 3 rings (SSSR count). The highest BCUT2D eigenvalue weighted by atomic mass is 32.2. The molecule has 0 aromatic heterocycles. The zero-order valence-electron chi connectivity index (χ0n) is 21.2. The zero-order chi connectivity index (χ0) is 27.2. The molecule has 3 aromatic carbocycles. The van der Waals surface area contributed by atoms with E-state index >= 15 is 4.39 Å². The zero-order valence-corrected chi connectivity index (χ0v) is 22.1. The summed E-state index contributed by atoms with van der Waals surface area (Å²) in [6.07, 6.45) is 3.20. The molecule has 0 bridgehead atoms. The van der Waals surface area contributed by atoms with E-state index in [1.165, 1.54) is 73.0 Å². The Labute approximate surface area is 215 Å². The van der Waals surface area contributed by atoms with E-state index in [9.17, 15) is 8.42 Å². The molecule has 0 aliphatic carbocycles. The fraction of sp³-hybridized carbons (Fsp3) is 0.231. The fourth-order valence-corrected chi connectivity index (χ4v) is 4.64. The average Bonchev–Trinajstić information content (AvgIpc) is 2.92. The van der Waals surface area contributed by atoms with Gasteiger partial charge in [-0.1, -0.05) is 12.2 Å². The minimum atomic E-state index is -4.23. The highest BCUT2D eigenvalue weighted by Gasteiger charge is 2.22. The number of ether oxygens (including phenoxy) is 6. The summed E-state index contributed by atoms with van der Waals surface area (Å²) in [6, 6.07) is 10.4. The van der Waals surface area contributed by atoms with E-state index in [0.29, 0.717) is 28.6 Å². The number of hydrogen-bond acceptors (Lipinski definition) is 8. The van der Waals surface area contributed by atoms with Gasteiger partial charge in [0.05, 0.1) is 53.2 Å². The van der Waals surface area contributed by atoms with Gasteiger partial charge in [-0.3, -0.25) is 4.72 Å². The molecule has 0 spiro atoms. The highest BCUT2D eigenvalue weighted by Crippen LogP contribution is 2.39. The van der Waals surface area contributed by atoms with Crippen LogP contribution < -0.4 is 33.1 Å². The Morgan fingerprint density at radius 2 is 1.24 bits per heavy atom. The summed E-state index contributed by atoms with van der Waals surface area (Å²) in [5.74, 6) is 0.824. The molecule has 0 radical (unpaired) electrons. The van der Waals surface area contributed by atoms with Crippen LogP contribution in [0.4, 0.5) is 10.1 Å². The topological polar surface area (TPSA) is 102 Å². The van der Waals surface area contributed by atoms with E-state index in [-0.39, 0.29) is 27.6 Å². The second-order valence-electron chi connectivity index (χ2n) is 7.46. The number of anilines is 1. The smallest absolute Gasteiger partial charge is 0.262 e. The number of sulfonamides is 1. The van der Waals surface area contributed by atoms with Crippen molar-refractivity contribution < 1.29 is 41.2 Å². The Morgan fingerprint density at radius 3 is 1.78 bits per heavy atom. The SMILES string of the molecule is COc1ccc(S(=O)(=O)Nc2c(C=Cc3cc(OC)c(OC)c(OC)c3)ccc(OC)c2F)cc1OC. The Bertz CT molecular complexity index is 1380. The molecule has 3 aromatic rings. The van der Waals surface area contributed by atoms with Crippen molar-refractivity contribution in [2.45, 2.75) is 4.90 Å². The van der Waals surface area contributed by atoms with E-state index < -0.39 is 15.8 Å². The fourth-order valence-electron chi connectivity index (χ4n) is 3.53. The minimum absolute atomic E-state index is 0.130. The van der Waals surface area contributed by atoms with Crippen LogP contribution in [-0.4, -0.2) is 51.1 Å². The average molecular weight is 534 g/mol. The summed E-state index contributed by atoms with van der Waals surface area (Å²) in [5, 5.41) is 0. The lowest BCUT2D eigenvalue weighted by Gasteiger charge is -2.15. The highest BCUT2D eigenvalue weighted by molar-refractivity contribution is 7.92. The maximum Gasteiger partial charge on any atom is 0.262 e. The molecule has 37 heavy (non-hydrogen) atoms. The number of hydrogen-bond donors (Lipinski definition) is 1. The predicted octanol–water partition coefficient (Wildman–Crippen LogP) is 4.85. The first-order valence-electron chi connectivity index (χ1n) is 10.8. The summed E-state index contributed by atoms with van der Waals surface area (Å²) >= 11 is 0. The minimum Gasteiger partial charge on any atom is -0.494 e. The van der Waals surface area contributed by atoms with Crippen molar-refractivity contribution in [3.63, 3.8) is 0 Å². The maximum atomic E-state index is 15.3. The van der Waals surface area contributed by atoms with Gasteiger partial charge >= 0.3 is 0 Å². The van der Waals surface area contributed by atoms with Gasteiger partial charge in [0.25, 0.3) is 10.0 Å². The summed E-state index contributed by atoms with van der Waals surface area (Å²) in [6.45, 7) is 0. The third-order valence-corrected chi connectivity index (χ3v) is 6.75. The van der Waals surface area contributed by atoms with Gasteiger partial charge in [0, 0.05) is 11.6 Å². The van der Waals surface area contributed by atoms with Crippen LogP contribution >= 0.6 is 0 Å². The predicted molar refractivity (Wildman–Crippen MR) is 138 cm³/mol. The molecule has 11 heteroatoms. The molecular weight excluding hydrogens is 505 g/mol. The van der Waals surface area contributed by atoms with E-state index in [2.05, 4.69) is 4.72 Å². The van der Waals surface area contributed by atoms with E-state index in [1.807, 2.05) is 0 Å². The van der Waals surface area contributed by atoms with Crippen molar-refractivity contribution in [2.24, 2.45) is 0 Å². The Kier molecular flexibility index (Phi) is 8.72. The van der Waals surface area contributed by atoms with Crippen molar-refractivity contribution in [3.05, 3.63) is 59.4 Å². The standard InChI is InChI=1S/C26H28FNO8S/c1-31-19-12-10-18(15-21(19)33-3)37(29,30)28-25-17(9-11-20(32-2)24(25)27)8-7-16-13-22(34-4)26(36-6)23(14-16)35-5/h7-15,28H,1-6H3. The Hall–Kier alpha value is -4.12. The van der Waals surface area contributed by atoms with Crippen LogP contribution in [0, 0.1) is 5.82 Å². The lowest BCUT2D eigenvalue weighted by atomic mass is 10.1. The second-order valence-corrected chi connectivity index (χ2v) is 9.14. The number of rotatable bonds is 11. The molecule has 0 saturated heterocycles. The van der Waals surface area contributed by atoms with Gasteiger partial charge in [-0.25, -0.2) is 12.8 Å². The van der Waals surface area contributed by atoms with Crippen LogP contribution in [0.5, 0.6) is 34.5 Å². The van der Waals surface area contributed by atoms with Crippen LogP contribution in [0.1, 0.15) is 11.1 Å². The van der Waals surface area contributed by atoms with Crippen LogP contribution in [-0.2, 0) is 10.0 Å². The van der Waals surface area contributed by atoms with E-state index in [4.69, 9.17) is 28.4 Å². The van der Waals surface area contributed by atoms with Crippen molar-refractivity contribution in [3.8, 4) is 34.5 Å². The van der Waals surface area contributed by atoms with Crippen molar-refractivity contribution in [1.82, 2.24) is 0 Å². The maximum absolute atomic E-state index is 15.3. The van der Waals surface area contributed by atoms with Crippen LogP contribution in [0.2, 0.25) is 0 Å². The number of nitrogens with one attached hydrogen (secondary N) is 1. The molecule has 198 valence electrons. The van der Waals surface area contributed by atoms with Crippen molar-refractivity contribution in [1.29, 1.82) is 0 Å². The van der Waals surface area contributed by atoms with Gasteiger partial charge in [0.2, 0.25) is 5.75 Å². The monoisotopic (exact) mass is 533 g/mol. The quantitative estimate of drug-likeness (QED) is 0.349. The summed E-state index contributed by atoms with van der Waals surface area (Å²) in [5.41, 5.74) is 0.591. The molecule has 1 N–H and O–H groups in total. The first-order chi connectivity index (χ1) is 17.7. The summed E-state index contributed by atoms with van der Waals surface area (Å²) in [4.78, 5) is -0.146. The molecule has 9 nitrogen and oxygen atoms in total. The molecule has 0 amide bonds. The molecule has 0 fully saturated rings. The number of benzene rings is 3. The van der Waals surface area contributed by atoms with Gasteiger partial charge in [0.15, 0.2) is 34.6 Å². The van der Waals surface area contributed by atoms with Crippen molar-refractivity contribution >= 4 is 27.9 Å². The van der Waals surface area contributed by atoms with Gasteiger partial charge < -0.3 is 28.4 Å². The van der Waals surface area contributed by atoms with Gasteiger partial charge in [0.1, 0.15) is 0 Å². The second kappa shape index (κ2) is 11.7. The Balaban J connectivity index is 2.07. The molecular formula is C26H28FNO8S. The lowest BCUT2D eigenvalue weighted by molar-refractivity contribution is 0.324. The summed E-state index contributed by atoms with van der Waals surface area (Å²) in [7, 11) is 4.35.